The molecule has 0 radical (unpaired) electrons. The van der Waals surface area contributed by atoms with E-state index in [-0.39, 0.29) is 16.2 Å². The number of hydrogen-bond acceptors (Lipinski definition) is 3. The lowest BCUT2D eigenvalue weighted by Crippen LogP contribution is -2.42. The number of oxime groups is 1. The highest BCUT2D eigenvalue weighted by atomic mass is 79.9. The zero-order chi connectivity index (χ0) is 15.6. The molecule has 0 saturated carbocycles. The number of amides is 1. The van der Waals surface area contributed by atoms with E-state index >= 15 is 0 Å². The SMILES string of the molecule is NC(=NO)C1CCN(C(=O)c2c(F)cc(Br)cc2F)CC1. The van der Waals surface area contributed by atoms with Gasteiger partial charge in [-0.15, -0.1) is 0 Å². The second-order valence-electron chi connectivity index (χ2n) is 4.84. The molecule has 114 valence electrons. The van der Waals surface area contributed by atoms with Crippen LogP contribution < -0.4 is 5.73 Å². The molecule has 1 aliphatic heterocycles. The average Bonchev–Trinajstić information content (AvgIpc) is 2.45. The molecule has 2 rings (SSSR count). The van der Waals surface area contributed by atoms with Crippen LogP contribution in [0.4, 0.5) is 8.78 Å². The molecule has 1 aliphatic rings. The van der Waals surface area contributed by atoms with Crippen LogP contribution in [0.3, 0.4) is 0 Å². The molecule has 1 aromatic carbocycles. The number of piperidine rings is 1. The van der Waals surface area contributed by atoms with Gasteiger partial charge in [0.05, 0.1) is 0 Å². The van der Waals surface area contributed by atoms with Gasteiger partial charge in [0.25, 0.3) is 5.91 Å². The zero-order valence-electron chi connectivity index (χ0n) is 11.0. The van der Waals surface area contributed by atoms with Crippen molar-refractivity contribution in [1.82, 2.24) is 4.90 Å². The summed E-state index contributed by atoms with van der Waals surface area (Å²) in [5.41, 5.74) is 4.96. The monoisotopic (exact) mass is 361 g/mol. The van der Waals surface area contributed by atoms with Crippen molar-refractivity contribution in [3.8, 4) is 0 Å². The van der Waals surface area contributed by atoms with Crippen LogP contribution in [0.1, 0.15) is 23.2 Å². The molecule has 8 heteroatoms. The van der Waals surface area contributed by atoms with Crippen molar-refractivity contribution >= 4 is 27.7 Å². The van der Waals surface area contributed by atoms with Gasteiger partial charge in [-0.05, 0) is 25.0 Å². The molecule has 0 aromatic heterocycles. The summed E-state index contributed by atoms with van der Waals surface area (Å²) in [6.07, 6.45) is 0.975. The highest BCUT2D eigenvalue weighted by Gasteiger charge is 2.29. The van der Waals surface area contributed by atoms with Gasteiger partial charge in [-0.25, -0.2) is 8.78 Å². The van der Waals surface area contributed by atoms with Crippen LogP contribution in [0.2, 0.25) is 0 Å². The zero-order valence-corrected chi connectivity index (χ0v) is 12.6. The molecule has 3 N–H and O–H groups in total. The summed E-state index contributed by atoms with van der Waals surface area (Å²) in [4.78, 5) is 13.6. The number of carbonyl (C=O) groups is 1. The average molecular weight is 362 g/mol. The largest absolute Gasteiger partial charge is 0.409 e. The molecule has 1 fully saturated rings. The fourth-order valence-electron chi connectivity index (χ4n) is 2.36. The molecule has 0 aliphatic carbocycles. The van der Waals surface area contributed by atoms with Crippen molar-refractivity contribution in [2.24, 2.45) is 16.8 Å². The van der Waals surface area contributed by atoms with E-state index in [1.54, 1.807) is 0 Å². The molecule has 1 aromatic rings. The third-order valence-corrected chi connectivity index (χ3v) is 3.99. The molecule has 5 nitrogen and oxygen atoms in total. The minimum Gasteiger partial charge on any atom is -0.409 e. The molecule has 0 atom stereocenters. The molecule has 0 bridgehead atoms. The Morgan fingerprint density at radius 3 is 2.33 bits per heavy atom. The van der Waals surface area contributed by atoms with Gasteiger partial charge < -0.3 is 15.8 Å². The van der Waals surface area contributed by atoms with Crippen LogP contribution in [-0.4, -0.2) is 34.9 Å². The molecule has 0 unspecified atom stereocenters. The van der Waals surface area contributed by atoms with Gasteiger partial charge >= 0.3 is 0 Å². The van der Waals surface area contributed by atoms with Crippen LogP contribution >= 0.6 is 15.9 Å². The minimum absolute atomic E-state index is 0.114. The van der Waals surface area contributed by atoms with Crippen LogP contribution in [-0.2, 0) is 0 Å². The van der Waals surface area contributed by atoms with Crippen molar-refractivity contribution in [3.63, 3.8) is 0 Å². The third-order valence-electron chi connectivity index (χ3n) is 3.54. The Hall–Kier alpha value is -1.70. The van der Waals surface area contributed by atoms with Gasteiger partial charge in [-0.1, -0.05) is 21.1 Å². The third kappa shape index (κ3) is 3.31. The van der Waals surface area contributed by atoms with E-state index in [9.17, 15) is 13.6 Å². The molecule has 21 heavy (non-hydrogen) atoms. The van der Waals surface area contributed by atoms with Crippen LogP contribution in [0.5, 0.6) is 0 Å². The Morgan fingerprint density at radius 1 is 1.33 bits per heavy atom. The van der Waals surface area contributed by atoms with E-state index in [1.165, 1.54) is 4.90 Å². The maximum absolute atomic E-state index is 13.8. The first-order valence-corrected chi connectivity index (χ1v) is 7.14. The summed E-state index contributed by atoms with van der Waals surface area (Å²) in [7, 11) is 0. The Labute approximate surface area is 128 Å². The Morgan fingerprint density at radius 2 is 1.86 bits per heavy atom. The maximum Gasteiger partial charge on any atom is 0.259 e. The number of carbonyl (C=O) groups excluding carboxylic acids is 1. The lowest BCUT2D eigenvalue weighted by atomic mass is 9.95. The topological polar surface area (TPSA) is 78.9 Å². The number of amidine groups is 1. The fraction of sp³-hybridized carbons (Fsp3) is 0.385. The number of halogens is 3. The summed E-state index contributed by atoms with van der Waals surface area (Å²) in [6, 6.07) is 2.11. The minimum atomic E-state index is -0.898. The standard InChI is InChI=1S/C13H14BrF2N3O2/c14-8-5-9(15)11(10(16)6-8)13(20)19-3-1-7(2-4-19)12(17)18-21/h5-7,21H,1-4H2,(H2,17,18). The predicted octanol–water partition coefficient (Wildman–Crippen LogP) is 2.33. The molecular weight excluding hydrogens is 348 g/mol. The van der Waals surface area contributed by atoms with Crippen LogP contribution in [0, 0.1) is 17.6 Å². The van der Waals surface area contributed by atoms with Crippen molar-refractivity contribution in [2.75, 3.05) is 13.1 Å². The number of hydrogen-bond donors (Lipinski definition) is 2. The highest BCUT2D eigenvalue weighted by Crippen LogP contribution is 2.24. The summed E-state index contributed by atoms with van der Waals surface area (Å²) >= 11 is 2.97. The summed E-state index contributed by atoms with van der Waals surface area (Å²) in [5, 5.41) is 11.6. The first-order chi connectivity index (χ1) is 9.93. The van der Waals surface area contributed by atoms with Crippen LogP contribution in [0.25, 0.3) is 0 Å². The normalized spacial score (nSPS) is 17.1. The van der Waals surface area contributed by atoms with E-state index in [1.807, 2.05) is 0 Å². The fourth-order valence-corrected chi connectivity index (χ4v) is 2.77. The molecular formula is C13H14BrF2N3O2. The summed E-state index contributed by atoms with van der Waals surface area (Å²) in [5.74, 6) is -2.49. The van der Waals surface area contributed by atoms with E-state index in [0.717, 1.165) is 12.1 Å². The number of nitrogens with two attached hydrogens (primary N) is 1. The second-order valence-corrected chi connectivity index (χ2v) is 5.75. The van der Waals surface area contributed by atoms with Gasteiger partial charge in [-0.3, -0.25) is 4.79 Å². The molecule has 1 amide bonds. The number of benzene rings is 1. The summed E-state index contributed by atoms with van der Waals surface area (Å²) < 4.78 is 27.8. The predicted molar refractivity (Wildman–Crippen MR) is 76.1 cm³/mol. The molecule has 1 heterocycles. The first-order valence-electron chi connectivity index (χ1n) is 6.35. The highest BCUT2D eigenvalue weighted by molar-refractivity contribution is 9.10. The summed E-state index contributed by atoms with van der Waals surface area (Å²) in [6.45, 7) is 0.601. The van der Waals surface area contributed by atoms with E-state index in [2.05, 4.69) is 21.1 Å². The lowest BCUT2D eigenvalue weighted by molar-refractivity contribution is 0.0699. The number of likely N-dealkylation sites (tertiary alicyclic amines) is 1. The van der Waals surface area contributed by atoms with E-state index in [4.69, 9.17) is 10.9 Å². The lowest BCUT2D eigenvalue weighted by Gasteiger charge is -2.31. The van der Waals surface area contributed by atoms with Crippen molar-refractivity contribution < 1.29 is 18.8 Å². The molecule has 1 saturated heterocycles. The van der Waals surface area contributed by atoms with E-state index < -0.39 is 23.1 Å². The van der Waals surface area contributed by atoms with Gasteiger partial charge in [0.15, 0.2) is 0 Å². The number of nitrogens with zero attached hydrogens (tertiary/aromatic N) is 2. The quantitative estimate of drug-likeness (QED) is 0.367. The van der Waals surface area contributed by atoms with Gasteiger partial charge in [0, 0.05) is 23.5 Å². The van der Waals surface area contributed by atoms with Gasteiger partial charge in [0.1, 0.15) is 23.0 Å². The Bertz CT molecular complexity index is 564. The van der Waals surface area contributed by atoms with Crippen molar-refractivity contribution in [1.29, 1.82) is 0 Å². The van der Waals surface area contributed by atoms with Crippen molar-refractivity contribution in [2.45, 2.75) is 12.8 Å². The van der Waals surface area contributed by atoms with Crippen LogP contribution in [0.15, 0.2) is 21.8 Å². The second kappa shape index (κ2) is 6.38. The van der Waals surface area contributed by atoms with E-state index in [0.29, 0.717) is 25.9 Å². The smallest absolute Gasteiger partial charge is 0.259 e. The molecule has 0 spiro atoms. The number of rotatable bonds is 2. The Kier molecular flexibility index (Phi) is 4.76. The Balaban J connectivity index is 2.13. The van der Waals surface area contributed by atoms with Gasteiger partial charge in [0.2, 0.25) is 0 Å². The van der Waals surface area contributed by atoms with Gasteiger partial charge in [-0.2, -0.15) is 0 Å². The first kappa shape index (κ1) is 15.7. The van der Waals surface area contributed by atoms with Crippen molar-refractivity contribution in [3.05, 3.63) is 33.8 Å². The maximum atomic E-state index is 13.8.